The van der Waals surface area contributed by atoms with Crippen molar-refractivity contribution in [2.24, 2.45) is 38.9 Å². The predicted octanol–water partition coefficient (Wildman–Crippen LogP) is 7.77. The zero-order valence-corrected chi connectivity index (χ0v) is 28.1. The van der Waals surface area contributed by atoms with Crippen LogP contribution in [0.2, 0.25) is 0 Å². The van der Waals surface area contributed by atoms with Crippen molar-refractivity contribution >= 4 is 5.91 Å². The van der Waals surface area contributed by atoms with Gasteiger partial charge in [0.05, 0.1) is 18.1 Å². The summed E-state index contributed by atoms with van der Waals surface area (Å²) in [5.41, 5.74) is 4.75. The summed E-state index contributed by atoms with van der Waals surface area (Å²) in [6.07, 6.45) is 16.2. The van der Waals surface area contributed by atoms with Crippen molar-refractivity contribution in [2.75, 3.05) is 13.2 Å². The first-order valence-corrected chi connectivity index (χ1v) is 17.3. The molecule has 43 heavy (non-hydrogen) atoms. The van der Waals surface area contributed by atoms with Crippen molar-refractivity contribution in [1.82, 2.24) is 10.6 Å². The molecule has 3 fully saturated rings. The Kier molecular flexibility index (Phi) is 7.65. The van der Waals surface area contributed by atoms with Crippen LogP contribution >= 0.6 is 0 Å². The largest absolute Gasteiger partial charge is 0.394 e. The van der Waals surface area contributed by atoms with Crippen LogP contribution in [0, 0.1) is 38.9 Å². The topological polar surface area (TPSA) is 61.4 Å². The van der Waals surface area contributed by atoms with Gasteiger partial charge in [-0.1, -0.05) is 82.7 Å². The van der Waals surface area contributed by atoms with Gasteiger partial charge in [-0.2, -0.15) is 0 Å². The van der Waals surface area contributed by atoms with E-state index in [4.69, 9.17) is 0 Å². The lowest BCUT2D eigenvalue weighted by Gasteiger charge is -2.67. The fourth-order valence-corrected chi connectivity index (χ4v) is 11.2. The second kappa shape index (κ2) is 10.6. The summed E-state index contributed by atoms with van der Waals surface area (Å²) in [5.74, 6) is 1.35. The molecule has 4 nitrogen and oxygen atoms in total. The summed E-state index contributed by atoms with van der Waals surface area (Å²) < 4.78 is 0. The van der Waals surface area contributed by atoms with E-state index >= 15 is 0 Å². The van der Waals surface area contributed by atoms with E-state index in [0.29, 0.717) is 18.3 Å². The molecule has 0 bridgehead atoms. The fourth-order valence-electron chi connectivity index (χ4n) is 11.2. The maximum absolute atomic E-state index is 14.0. The fraction of sp³-hybridized carbons (Fsp3) is 0.718. The zero-order chi connectivity index (χ0) is 30.9. The smallest absolute Gasteiger partial charge is 0.226 e. The number of hydrogen-bond acceptors (Lipinski definition) is 3. The Morgan fingerprint density at radius 2 is 1.70 bits per heavy atom. The molecule has 0 unspecified atom stereocenters. The van der Waals surface area contributed by atoms with E-state index in [0.717, 1.165) is 31.4 Å². The highest BCUT2D eigenvalue weighted by Crippen LogP contribution is 2.72. The summed E-state index contributed by atoms with van der Waals surface area (Å²) in [6.45, 7) is 18.5. The Labute approximate surface area is 261 Å². The van der Waals surface area contributed by atoms with Gasteiger partial charge < -0.3 is 15.7 Å². The molecule has 3 N–H and O–H groups in total. The van der Waals surface area contributed by atoms with Gasteiger partial charge in [-0.25, -0.2) is 0 Å². The number of allylic oxidation sites excluding steroid dienone is 4. The molecular weight excluding hydrogens is 528 g/mol. The van der Waals surface area contributed by atoms with Crippen LogP contribution in [0.15, 0.2) is 53.6 Å². The molecule has 1 saturated heterocycles. The van der Waals surface area contributed by atoms with Crippen molar-refractivity contribution < 1.29 is 9.90 Å². The second-order valence-corrected chi connectivity index (χ2v) is 17.2. The maximum atomic E-state index is 14.0. The number of nitrogens with one attached hydrogen (secondary N) is 2. The monoisotopic (exact) mass is 586 g/mol. The number of hydrogen-bond donors (Lipinski definition) is 3. The maximum Gasteiger partial charge on any atom is 0.226 e. The van der Waals surface area contributed by atoms with E-state index in [1.165, 1.54) is 38.5 Å². The van der Waals surface area contributed by atoms with Crippen molar-refractivity contribution in [3.63, 3.8) is 0 Å². The van der Waals surface area contributed by atoms with E-state index in [9.17, 15) is 9.90 Å². The Balaban J connectivity index is 1.33. The molecular formula is C39H58N2O2. The quantitative estimate of drug-likeness (QED) is 0.330. The van der Waals surface area contributed by atoms with E-state index in [1.807, 2.05) is 18.2 Å². The molecule has 5 aliphatic rings. The molecule has 1 heterocycles. The van der Waals surface area contributed by atoms with Gasteiger partial charge in [0, 0.05) is 5.54 Å². The summed E-state index contributed by atoms with van der Waals surface area (Å²) in [7, 11) is 0. The normalized spacial score (nSPS) is 42.5. The van der Waals surface area contributed by atoms with Gasteiger partial charge in [-0.15, -0.1) is 0 Å². The lowest BCUT2D eigenvalue weighted by Crippen LogP contribution is -2.62. The predicted molar refractivity (Wildman–Crippen MR) is 176 cm³/mol. The molecule has 2 saturated carbocycles. The van der Waals surface area contributed by atoms with Gasteiger partial charge in [0.1, 0.15) is 0 Å². The van der Waals surface area contributed by atoms with Crippen LogP contribution in [0.4, 0.5) is 0 Å². The average Bonchev–Trinajstić information content (AvgIpc) is 3.09. The van der Waals surface area contributed by atoms with Gasteiger partial charge in [-0.3, -0.25) is 4.79 Å². The summed E-state index contributed by atoms with van der Waals surface area (Å²) in [4.78, 5) is 14.0. The molecule has 0 spiro atoms. The van der Waals surface area contributed by atoms with Crippen LogP contribution < -0.4 is 10.6 Å². The van der Waals surface area contributed by atoms with Crippen LogP contribution in [0.3, 0.4) is 0 Å². The third-order valence-corrected chi connectivity index (χ3v) is 14.3. The highest BCUT2D eigenvalue weighted by molar-refractivity contribution is 5.83. The first-order valence-electron chi connectivity index (χ1n) is 17.3. The molecule has 236 valence electrons. The number of benzene rings is 1. The second-order valence-electron chi connectivity index (χ2n) is 17.2. The van der Waals surface area contributed by atoms with Crippen LogP contribution in [0.25, 0.3) is 0 Å². The SMILES string of the molecule is CC1(C)NCCC[C@]2(C)[C@H]3C=CC4=C5C[C@@](C)(C(=O)N[C@@H](CO)Cc6ccccc6)CC[C@]5(C)CC[C@@]4(C)[C@]3(C)CC[C@@H]12. The summed E-state index contributed by atoms with van der Waals surface area (Å²) in [6, 6.07) is 9.92. The third-order valence-electron chi connectivity index (χ3n) is 14.3. The number of carbonyl (C=O) groups is 1. The first kappa shape index (κ1) is 31.1. The minimum Gasteiger partial charge on any atom is -0.394 e. The highest BCUT2D eigenvalue weighted by Gasteiger charge is 2.65. The molecule has 6 rings (SSSR count). The summed E-state index contributed by atoms with van der Waals surface area (Å²) >= 11 is 0. The minimum atomic E-state index is -0.462. The summed E-state index contributed by atoms with van der Waals surface area (Å²) in [5, 5.41) is 17.4. The molecule has 4 heteroatoms. The van der Waals surface area contributed by atoms with E-state index in [1.54, 1.807) is 11.1 Å². The number of amides is 1. The number of aliphatic hydroxyl groups excluding tert-OH is 1. The van der Waals surface area contributed by atoms with Crippen LogP contribution in [0.1, 0.15) is 112 Å². The Morgan fingerprint density at radius 1 is 0.977 bits per heavy atom. The number of rotatable bonds is 5. The molecule has 0 aromatic heterocycles. The van der Waals surface area contributed by atoms with Crippen LogP contribution in [-0.4, -0.2) is 35.7 Å². The molecule has 8 atom stereocenters. The molecule has 4 aliphatic carbocycles. The lowest BCUT2D eigenvalue weighted by molar-refractivity contribution is -0.134. The van der Waals surface area contributed by atoms with Gasteiger partial charge in [0.25, 0.3) is 0 Å². The molecule has 0 radical (unpaired) electrons. The molecule has 1 amide bonds. The van der Waals surface area contributed by atoms with Gasteiger partial charge in [-0.05, 0) is 129 Å². The molecule has 1 aliphatic heterocycles. The Morgan fingerprint density at radius 3 is 2.42 bits per heavy atom. The number of carbonyl (C=O) groups excluding carboxylic acids is 1. The van der Waals surface area contributed by atoms with Crippen LogP contribution in [-0.2, 0) is 11.2 Å². The number of fused-ring (bicyclic) bond motifs is 6. The van der Waals surface area contributed by atoms with Crippen molar-refractivity contribution in [3.05, 3.63) is 59.2 Å². The van der Waals surface area contributed by atoms with Crippen molar-refractivity contribution in [3.8, 4) is 0 Å². The van der Waals surface area contributed by atoms with Crippen molar-refractivity contribution in [1.29, 1.82) is 0 Å². The third kappa shape index (κ3) is 4.80. The number of aliphatic hydroxyl groups is 1. The molecule has 1 aromatic carbocycles. The van der Waals surface area contributed by atoms with Gasteiger partial charge >= 0.3 is 0 Å². The first-order chi connectivity index (χ1) is 20.2. The Bertz CT molecular complexity index is 1300. The Hall–Kier alpha value is -1.91. The van der Waals surface area contributed by atoms with Gasteiger partial charge in [0.15, 0.2) is 0 Å². The van der Waals surface area contributed by atoms with E-state index in [2.05, 4.69) is 83.4 Å². The van der Waals surface area contributed by atoms with E-state index in [-0.39, 0.29) is 45.8 Å². The zero-order valence-electron chi connectivity index (χ0n) is 28.1. The standard InChI is InChI=1S/C39H58N2O2/c1-34(2)31-16-18-39(7)32(37(31,5)17-11-23-40-34)15-14-29-30-25-36(4,20-19-35(30,3)21-22-38(29,39)6)33(43)41-28(26-42)24-27-12-9-8-10-13-27/h8-10,12-15,28,31-32,40,42H,11,16-26H2,1-7H3,(H,41,43)/t28-,31+,32-,35-,36+,37+,38-,39-/m1/s1. The van der Waals surface area contributed by atoms with E-state index < -0.39 is 5.41 Å². The molecule has 1 aromatic rings. The highest BCUT2D eigenvalue weighted by atomic mass is 16.3. The van der Waals surface area contributed by atoms with Crippen molar-refractivity contribution in [2.45, 2.75) is 124 Å². The minimum absolute atomic E-state index is 0.0466. The van der Waals surface area contributed by atoms with Crippen LogP contribution in [0.5, 0.6) is 0 Å². The average molecular weight is 587 g/mol. The lowest BCUT2D eigenvalue weighted by atomic mass is 9.37. The van der Waals surface area contributed by atoms with Gasteiger partial charge in [0.2, 0.25) is 5.91 Å².